The number of thioether (sulfide) groups is 1. The van der Waals surface area contributed by atoms with Crippen LogP contribution in [0.25, 0.3) is 10.9 Å². The summed E-state index contributed by atoms with van der Waals surface area (Å²) in [4.78, 5) is 4.72. The zero-order valence-corrected chi connectivity index (χ0v) is 9.60. The van der Waals surface area contributed by atoms with Gasteiger partial charge in [-0.15, -0.1) is 11.8 Å². The fraction of sp³-hybridized carbons (Fsp3) is 0.308. The molecule has 1 nitrogen and oxygen atoms in total. The normalized spacial score (nSPS) is 15.3. The van der Waals surface area contributed by atoms with Gasteiger partial charge in [0.15, 0.2) is 0 Å². The van der Waals surface area contributed by atoms with Crippen LogP contribution in [-0.4, -0.2) is 10.7 Å². The van der Waals surface area contributed by atoms with Crippen molar-refractivity contribution in [1.82, 2.24) is 4.98 Å². The standard InChI is InChI=1S/C13H13NS/c1-9-4-5-12-11(7-9)8-10-3-2-6-15-13(10)14-12/h4-5,7-8H,2-3,6H2,1H3. The quantitative estimate of drug-likeness (QED) is 0.666. The fourth-order valence-electron chi connectivity index (χ4n) is 2.06. The fourth-order valence-corrected chi connectivity index (χ4v) is 3.05. The third-order valence-electron chi connectivity index (χ3n) is 2.84. The summed E-state index contributed by atoms with van der Waals surface area (Å²) in [5.74, 6) is 1.22. The van der Waals surface area contributed by atoms with Gasteiger partial charge < -0.3 is 0 Å². The number of pyridine rings is 1. The molecule has 0 unspecified atom stereocenters. The molecule has 0 bridgehead atoms. The smallest absolute Gasteiger partial charge is 0.0999 e. The first-order valence-corrected chi connectivity index (χ1v) is 6.34. The number of fused-ring (bicyclic) bond motifs is 2. The molecule has 2 aromatic rings. The van der Waals surface area contributed by atoms with Crippen LogP contribution in [0.1, 0.15) is 17.5 Å². The van der Waals surface area contributed by atoms with Crippen LogP contribution >= 0.6 is 11.8 Å². The Bertz CT molecular complexity index is 519. The predicted molar refractivity (Wildman–Crippen MR) is 65.5 cm³/mol. The molecule has 15 heavy (non-hydrogen) atoms. The van der Waals surface area contributed by atoms with Crippen molar-refractivity contribution in [2.75, 3.05) is 5.75 Å². The van der Waals surface area contributed by atoms with Crippen LogP contribution < -0.4 is 0 Å². The molecule has 1 aromatic heterocycles. The lowest BCUT2D eigenvalue weighted by atomic mass is 10.1. The summed E-state index contributed by atoms with van der Waals surface area (Å²) < 4.78 is 0. The van der Waals surface area contributed by atoms with E-state index in [9.17, 15) is 0 Å². The topological polar surface area (TPSA) is 12.9 Å². The molecule has 76 valence electrons. The van der Waals surface area contributed by atoms with Gasteiger partial charge >= 0.3 is 0 Å². The Balaban J connectivity index is 2.26. The number of aryl methyl sites for hydroxylation is 2. The van der Waals surface area contributed by atoms with E-state index < -0.39 is 0 Å². The molecule has 3 rings (SSSR count). The third kappa shape index (κ3) is 1.63. The van der Waals surface area contributed by atoms with E-state index in [2.05, 4.69) is 31.2 Å². The maximum atomic E-state index is 4.72. The number of aromatic nitrogens is 1. The van der Waals surface area contributed by atoms with Gasteiger partial charge in [-0.05, 0) is 49.3 Å². The lowest BCUT2D eigenvalue weighted by Gasteiger charge is -2.14. The number of rotatable bonds is 0. The summed E-state index contributed by atoms with van der Waals surface area (Å²) in [6.07, 6.45) is 2.48. The molecule has 0 fully saturated rings. The van der Waals surface area contributed by atoms with Crippen molar-refractivity contribution in [2.45, 2.75) is 24.8 Å². The second kappa shape index (κ2) is 3.53. The van der Waals surface area contributed by atoms with E-state index in [-0.39, 0.29) is 0 Å². The van der Waals surface area contributed by atoms with Gasteiger partial charge in [-0.1, -0.05) is 11.6 Å². The monoisotopic (exact) mass is 215 g/mol. The van der Waals surface area contributed by atoms with Gasteiger partial charge in [0.1, 0.15) is 0 Å². The van der Waals surface area contributed by atoms with Gasteiger partial charge in [-0.25, -0.2) is 4.98 Å². The summed E-state index contributed by atoms with van der Waals surface area (Å²) >= 11 is 1.90. The largest absolute Gasteiger partial charge is 0.241 e. The highest BCUT2D eigenvalue weighted by molar-refractivity contribution is 7.99. The SMILES string of the molecule is Cc1ccc2nc3c(cc2c1)CCCS3. The summed E-state index contributed by atoms with van der Waals surface area (Å²) in [5.41, 5.74) is 3.88. The van der Waals surface area contributed by atoms with Crippen molar-refractivity contribution < 1.29 is 0 Å². The molecule has 1 aliphatic heterocycles. The first-order valence-electron chi connectivity index (χ1n) is 5.36. The van der Waals surface area contributed by atoms with Gasteiger partial charge in [-0.2, -0.15) is 0 Å². The minimum absolute atomic E-state index is 1.13. The van der Waals surface area contributed by atoms with Gasteiger partial charge in [0.2, 0.25) is 0 Å². The molecule has 0 saturated heterocycles. The minimum Gasteiger partial charge on any atom is -0.241 e. The summed E-state index contributed by atoms with van der Waals surface area (Å²) in [5, 5.41) is 2.54. The van der Waals surface area contributed by atoms with Crippen LogP contribution in [0.2, 0.25) is 0 Å². The van der Waals surface area contributed by atoms with E-state index in [1.165, 1.54) is 40.1 Å². The average Bonchev–Trinajstić information content (AvgIpc) is 2.26. The van der Waals surface area contributed by atoms with E-state index in [1.54, 1.807) is 0 Å². The maximum Gasteiger partial charge on any atom is 0.0999 e. The molecule has 1 aliphatic rings. The van der Waals surface area contributed by atoms with Crippen LogP contribution in [0.15, 0.2) is 29.3 Å². The third-order valence-corrected chi connectivity index (χ3v) is 3.96. The number of hydrogen-bond acceptors (Lipinski definition) is 2. The number of nitrogens with zero attached hydrogens (tertiary/aromatic N) is 1. The molecule has 2 heterocycles. The van der Waals surface area contributed by atoms with Crippen LogP contribution in [0.4, 0.5) is 0 Å². The first kappa shape index (κ1) is 9.22. The highest BCUT2D eigenvalue weighted by Crippen LogP contribution is 2.30. The van der Waals surface area contributed by atoms with Crippen LogP contribution in [-0.2, 0) is 6.42 Å². The number of hydrogen-bond donors (Lipinski definition) is 0. The molecule has 0 radical (unpaired) electrons. The van der Waals surface area contributed by atoms with Crippen LogP contribution in [0, 0.1) is 6.92 Å². The molecule has 0 N–H and O–H groups in total. The van der Waals surface area contributed by atoms with Crippen molar-refractivity contribution in [2.24, 2.45) is 0 Å². The molecule has 1 aromatic carbocycles. The van der Waals surface area contributed by atoms with Gasteiger partial charge in [0.05, 0.1) is 10.5 Å². The molecular weight excluding hydrogens is 202 g/mol. The van der Waals surface area contributed by atoms with Crippen LogP contribution in [0.3, 0.4) is 0 Å². The van der Waals surface area contributed by atoms with Gasteiger partial charge in [0.25, 0.3) is 0 Å². The Hall–Kier alpha value is -1.02. The van der Waals surface area contributed by atoms with Crippen molar-refractivity contribution in [3.8, 4) is 0 Å². The summed E-state index contributed by atoms with van der Waals surface area (Å²) in [6.45, 7) is 2.13. The zero-order chi connectivity index (χ0) is 10.3. The second-order valence-electron chi connectivity index (χ2n) is 4.10. The minimum atomic E-state index is 1.13. The Kier molecular flexibility index (Phi) is 2.17. The van der Waals surface area contributed by atoms with Gasteiger partial charge in [0, 0.05) is 5.39 Å². The van der Waals surface area contributed by atoms with Crippen molar-refractivity contribution in [3.05, 3.63) is 35.4 Å². The number of benzene rings is 1. The molecule has 0 saturated carbocycles. The van der Waals surface area contributed by atoms with Crippen molar-refractivity contribution >= 4 is 22.7 Å². The highest BCUT2D eigenvalue weighted by atomic mass is 32.2. The van der Waals surface area contributed by atoms with E-state index in [0.717, 1.165) is 5.52 Å². The molecule has 0 amide bonds. The zero-order valence-electron chi connectivity index (χ0n) is 8.79. The van der Waals surface area contributed by atoms with E-state index >= 15 is 0 Å². The molecule has 0 spiro atoms. The lowest BCUT2D eigenvalue weighted by Crippen LogP contribution is -2.00. The van der Waals surface area contributed by atoms with Crippen LogP contribution in [0.5, 0.6) is 0 Å². The molecule has 0 atom stereocenters. The summed E-state index contributed by atoms with van der Waals surface area (Å²) in [7, 11) is 0. The Morgan fingerprint density at radius 2 is 2.20 bits per heavy atom. The van der Waals surface area contributed by atoms with Gasteiger partial charge in [-0.3, -0.25) is 0 Å². The Labute approximate surface area is 93.9 Å². The van der Waals surface area contributed by atoms with Crippen molar-refractivity contribution in [3.63, 3.8) is 0 Å². The van der Waals surface area contributed by atoms with E-state index in [0.29, 0.717) is 0 Å². The molecule has 2 heteroatoms. The van der Waals surface area contributed by atoms with Crippen molar-refractivity contribution in [1.29, 1.82) is 0 Å². The second-order valence-corrected chi connectivity index (χ2v) is 5.18. The highest BCUT2D eigenvalue weighted by Gasteiger charge is 2.11. The average molecular weight is 215 g/mol. The van der Waals surface area contributed by atoms with E-state index in [1.807, 2.05) is 11.8 Å². The predicted octanol–water partition coefficient (Wildman–Crippen LogP) is 3.58. The molecular formula is C13H13NS. The van der Waals surface area contributed by atoms with E-state index in [4.69, 9.17) is 4.98 Å². The Morgan fingerprint density at radius 1 is 1.27 bits per heavy atom. The molecule has 0 aliphatic carbocycles. The maximum absolute atomic E-state index is 4.72. The Morgan fingerprint density at radius 3 is 3.13 bits per heavy atom. The summed E-state index contributed by atoms with van der Waals surface area (Å²) in [6, 6.07) is 8.80. The lowest BCUT2D eigenvalue weighted by molar-refractivity contribution is 0.867. The first-order chi connectivity index (χ1) is 7.33.